The summed E-state index contributed by atoms with van der Waals surface area (Å²) in [5.74, 6) is -0.0478. The minimum atomic E-state index is -0.762. The SMILES string of the molecule is CNC(CN1CCC(C)C1)C(=O)O. The molecule has 1 aliphatic rings. The lowest BCUT2D eigenvalue weighted by Gasteiger charge is -2.19. The summed E-state index contributed by atoms with van der Waals surface area (Å²) in [6, 6.07) is -0.426. The quantitative estimate of drug-likeness (QED) is 0.649. The van der Waals surface area contributed by atoms with Crippen molar-refractivity contribution in [2.24, 2.45) is 5.92 Å². The second-order valence-corrected chi connectivity index (χ2v) is 3.83. The molecule has 1 aliphatic heterocycles. The first-order valence-electron chi connectivity index (χ1n) is 4.76. The highest BCUT2D eigenvalue weighted by molar-refractivity contribution is 5.73. The summed E-state index contributed by atoms with van der Waals surface area (Å²) in [7, 11) is 1.69. The number of hydrogen-bond acceptors (Lipinski definition) is 3. The predicted molar refractivity (Wildman–Crippen MR) is 50.7 cm³/mol. The van der Waals surface area contributed by atoms with Gasteiger partial charge in [0.2, 0.25) is 0 Å². The number of hydrogen-bond donors (Lipinski definition) is 2. The van der Waals surface area contributed by atoms with Crippen molar-refractivity contribution in [2.75, 3.05) is 26.7 Å². The van der Waals surface area contributed by atoms with E-state index in [0.29, 0.717) is 12.5 Å². The van der Waals surface area contributed by atoms with Gasteiger partial charge < -0.3 is 15.3 Å². The lowest BCUT2D eigenvalue weighted by atomic mass is 10.2. The molecule has 76 valence electrons. The number of nitrogens with zero attached hydrogens (tertiary/aromatic N) is 1. The van der Waals surface area contributed by atoms with Crippen LogP contribution in [0.3, 0.4) is 0 Å². The van der Waals surface area contributed by atoms with Crippen LogP contribution in [0.25, 0.3) is 0 Å². The van der Waals surface area contributed by atoms with Crippen molar-refractivity contribution in [3.63, 3.8) is 0 Å². The zero-order chi connectivity index (χ0) is 9.84. The van der Waals surface area contributed by atoms with Gasteiger partial charge in [0.1, 0.15) is 6.04 Å². The molecule has 2 N–H and O–H groups in total. The Labute approximate surface area is 78.9 Å². The number of carboxylic acid groups (broad SMARTS) is 1. The molecule has 0 aliphatic carbocycles. The molecule has 4 heteroatoms. The van der Waals surface area contributed by atoms with Gasteiger partial charge in [-0.05, 0) is 25.9 Å². The lowest BCUT2D eigenvalue weighted by Crippen LogP contribution is -2.43. The fourth-order valence-corrected chi connectivity index (χ4v) is 1.74. The van der Waals surface area contributed by atoms with E-state index in [4.69, 9.17) is 5.11 Å². The molecular formula is C9H18N2O2. The van der Waals surface area contributed by atoms with Gasteiger partial charge in [-0.3, -0.25) is 4.79 Å². The zero-order valence-electron chi connectivity index (χ0n) is 8.29. The average molecular weight is 186 g/mol. The number of aliphatic carboxylic acids is 1. The van der Waals surface area contributed by atoms with Gasteiger partial charge in [0.05, 0.1) is 0 Å². The van der Waals surface area contributed by atoms with Crippen molar-refractivity contribution in [1.82, 2.24) is 10.2 Å². The van der Waals surface area contributed by atoms with E-state index in [1.54, 1.807) is 7.05 Å². The van der Waals surface area contributed by atoms with Crippen molar-refractivity contribution < 1.29 is 9.90 Å². The monoisotopic (exact) mass is 186 g/mol. The van der Waals surface area contributed by atoms with Crippen LogP contribution in [0.2, 0.25) is 0 Å². The lowest BCUT2D eigenvalue weighted by molar-refractivity contribution is -0.139. The average Bonchev–Trinajstić information content (AvgIpc) is 2.46. The minimum Gasteiger partial charge on any atom is -0.480 e. The maximum absolute atomic E-state index is 10.7. The Kier molecular flexibility index (Phi) is 3.69. The Morgan fingerprint density at radius 1 is 1.77 bits per heavy atom. The highest BCUT2D eigenvalue weighted by Gasteiger charge is 2.24. The molecule has 0 bridgehead atoms. The van der Waals surface area contributed by atoms with E-state index in [-0.39, 0.29) is 0 Å². The molecule has 2 unspecified atom stereocenters. The smallest absolute Gasteiger partial charge is 0.322 e. The third-order valence-electron chi connectivity index (χ3n) is 2.60. The summed E-state index contributed by atoms with van der Waals surface area (Å²) in [6.07, 6.45) is 1.19. The van der Waals surface area contributed by atoms with Crippen molar-refractivity contribution in [3.8, 4) is 0 Å². The van der Waals surface area contributed by atoms with Crippen LogP contribution in [0.1, 0.15) is 13.3 Å². The van der Waals surface area contributed by atoms with Gasteiger partial charge in [0, 0.05) is 13.1 Å². The van der Waals surface area contributed by atoms with Crippen LogP contribution in [-0.4, -0.2) is 48.7 Å². The first-order valence-corrected chi connectivity index (χ1v) is 4.76. The largest absolute Gasteiger partial charge is 0.480 e. The van der Waals surface area contributed by atoms with Gasteiger partial charge >= 0.3 is 5.97 Å². The summed E-state index contributed by atoms with van der Waals surface area (Å²) in [5, 5.41) is 11.6. The Morgan fingerprint density at radius 2 is 2.46 bits per heavy atom. The first-order chi connectivity index (χ1) is 6.13. The van der Waals surface area contributed by atoms with Crippen LogP contribution in [0.4, 0.5) is 0 Å². The molecule has 1 heterocycles. The fraction of sp³-hybridized carbons (Fsp3) is 0.889. The summed E-state index contributed by atoms with van der Waals surface area (Å²) in [5.41, 5.74) is 0. The van der Waals surface area contributed by atoms with Gasteiger partial charge in [0.15, 0.2) is 0 Å². The van der Waals surface area contributed by atoms with E-state index < -0.39 is 12.0 Å². The molecule has 4 nitrogen and oxygen atoms in total. The van der Waals surface area contributed by atoms with E-state index in [9.17, 15) is 4.79 Å². The molecule has 0 amide bonds. The van der Waals surface area contributed by atoms with Crippen molar-refractivity contribution in [1.29, 1.82) is 0 Å². The van der Waals surface area contributed by atoms with Crippen LogP contribution < -0.4 is 5.32 Å². The van der Waals surface area contributed by atoms with Crippen molar-refractivity contribution in [2.45, 2.75) is 19.4 Å². The molecule has 0 aromatic carbocycles. The normalized spacial score (nSPS) is 26.2. The van der Waals surface area contributed by atoms with E-state index in [2.05, 4.69) is 17.1 Å². The van der Waals surface area contributed by atoms with Crippen molar-refractivity contribution >= 4 is 5.97 Å². The maximum atomic E-state index is 10.7. The summed E-state index contributed by atoms with van der Waals surface area (Å²) in [4.78, 5) is 12.9. The molecule has 1 rings (SSSR count). The topological polar surface area (TPSA) is 52.6 Å². The molecule has 1 saturated heterocycles. The third kappa shape index (κ3) is 2.97. The van der Waals surface area contributed by atoms with Gasteiger partial charge in [-0.2, -0.15) is 0 Å². The molecule has 13 heavy (non-hydrogen) atoms. The number of rotatable bonds is 4. The van der Waals surface area contributed by atoms with E-state index >= 15 is 0 Å². The number of likely N-dealkylation sites (tertiary alicyclic amines) is 1. The molecule has 2 atom stereocenters. The Hall–Kier alpha value is -0.610. The second kappa shape index (κ2) is 4.58. The minimum absolute atomic E-state index is 0.426. The second-order valence-electron chi connectivity index (χ2n) is 3.83. The van der Waals surface area contributed by atoms with Crippen LogP contribution in [0, 0.1) is 5.92 Å². The Morgan fingerprint density at radius 3 is 2.85 bits per heavy atom. The molecule has 0 aromatic rings. The summed E-state index contributed by atoms with van der Waals surface area (Å²) >= 11 is 0. The van der Waals surface area contributed by atoms with Crippen LogP contribution in [-0.2, 0) is 4.79 Å². The van der Waals surface area contributed by atoms with E-state index in [0.717, 1.165) is 13.1 Å². The van der Waals surface area contributed by atoms with Crippen LogP contribution >= 0.6 is 0 Å². The molecular weight excluding hydrogens is 168 g/mol. The third-order valence-corrected chi connectivity index (χ3v) is 2.60. The van der Waals surface area contributed by atoms with Gasteiger partial charge in [0.25, 0.3) is 0 Å². The first kappa shape index (κ1) is 10.5. The zero-order valence-corrected chi connectivity index (χ0v) is 8.29. The molecule has 1 fully saturated rings. The number of carboxylic acids is 1. The number of carbonyl (C=O) groups is 1. The standard InChI is InChI=1S/C9H18N2O2/c1-7-3-4-11(5-7)6-8(10-2)9(12)13/h7-8,10H,3-6H2,1-2H3,(H,12,13). The Bertz CT molecular complexity index is 184. The Balaban J connectivity index is 2.34. The summed E-state index contributed by atoms with van der Waals surface area (Å²) < 4.78 is 0. The van der Waals surface area contributed by atoms with Crippen LogP contribution in [0.5, 0.6) is 0 Å². The van der Waals surface area contributed by atoms with Gasteiger partial charge in [-0.25, -0.2) is 0 Å². The van der Waals surface area contributed by atoms with E-state index in [1.165, 1.54) is 6.42 Å². The van der Waals surface area contributed by atoms with E-state index in [1.807, 2.05) is 0 Å². The molecule has 0 saturated carbocycles. The highest BCUT2D eigenvalue weighted by Crippen LogP contribution is 2.14. The molecule has 0 radical (unpaired) electrons. The van der Waals surface area contributed by atoms with Gasteiger partial charge in [-0.15, -0.1) is 0 Å². The molecule has 0 aromatic heterocycles. The van der Waals surface area contributed by atoms with Crippen LogP contribution in [0.15, 0.2) is 0 Å². The highest BCUT2D eigenvalue weighted by atomic mass is 16.4. The fourth-order valence-electron chi connectivity index (χ4n) is 1.74. The van der Waals surface area contributed by atoms with Crippen molar-refractivity contribution in [3.05, 3.63) is 0 Å². The molecule has 0 spiro atoms. The number of likely N-dealkylation sites (N-methyl/N-ethyl adjacent to an activating group) is 1. The number of nitrogens with one attached hydrogen (secondary N) is 1. The summed E-state index contributed by atoms with van der Waals surface area (Å²) in [6.45, 7) is 4.89. The maximum Gasteiger partial charge on any atom is 0.322 e. The van der Waals surface area contributed by atoms with Gasteiger partial charge in [-0.1, -0.05) is 6.92 Å². The predicted octanol–water partition coefficient (Wildman–Crippen LogP) is 0.000800.